The molecule has 1 N–H and O–H groups in total. The molecule has 1 heterocycles. The van der Waals surface area contributed by atoms with Gasteiger partial charge in [-0.15, -0.1) is 0 Å². The molecule has 2 rings (SSSR count). The van der Waals surface area contributed by atoms with Crippen molar-refractivity contribution in [1.82, 2.24) is 5.32 Å². The Morgan fingerprint density at radius 1 is 1.50 bits per heavy atom. The molecule has 0 aromatic heterocycles. The molecule has 22 heavy (non-hydrogen) atoms. The third kappa shape index (κ3) is 3.41. The quantitative estimate of drug-likeness (QED) is 0.930. The Hall–Kier alpha value is -2.02. The standard InChI is InChI=1S/C18H25N3O/c1-13(2)18(4,12-19)20-17(22)11-21-9-5-6-15-10-14(3)7-8-16(15)21/h7-8,10,13H,5-6,9,11H2,1-4H3,(H,20,22)/t18-/m0/s1. The summed E-state index contributed by atoms with van der Waals surface area (Å²) in [5, 5.41) is 12.2. The molecular weight excluding hydrogens is 274 g/mol. The van der Waals surface area contributed by atoms with Crippen molar-refractivity contribution in [3.8, 4) is 6.07 Å². The van der Waals surface area contributed by atoms with E-state index in [-0.39, 0.29) is 11.8 Å². The Kier molecular flexibility index (Phi) is 4.75. The Morgan fingerprint density at radius 3 is 2.86 bits per heavy atom. The molecule has 0 spiro atoms. The summed E-state index contributed by atoms with van der Waals surface area (Å²) >= 11 is 0. The van der Waals surface area contributed by atoms with Gasteiger partial charge < -0.3 is 10.2 Å². The van der Waals surface area contributed by atoms with E-state index in [1.165, 1.54) is 11.1 Å². The fourth-order valence-electron chi connectivity index (χ4n) is 2.77. The van der Waals surface area contributed by atoms with Crippen molar-refractivity contribution in [1.29, 1.82) is 5.26 Å². The molecule has 1 atom stereocenters. The Labute approximate surface area is 133 Å². The maximum absolute atomic E-state index is 12.4. The van der Waals surface area contributed by atoms with E-state index in [1.54, 1.807) is 6.92 Å². The number of nitrogens with zero attached hydrogens (tertiary/aromatic N) is 2. The topological polar surface area (TPSA) is 56.1 Å². The normalized spacial score (nSPS) is 16.6. The predicted octanol–water partition coefficient (Wildman–Crippen LogP) is 2.80. The molecule has 118 valence electrons. The van der Waals surface area contributed by atoms with Crippen LogP contribution in [0, 0.1) is 24.2 Å². The highest BCUT2D eigenvalue weighted by Crippen LogP contribution is 2.27. The number of hydrogen-bond donors (Lipinski definition) is 1. The summed E-state index contributed by atoms with van der Waals surface area (Å²) in [5.74, 6) is -0.0242. The third-order valence-corrected chi connectivity index (χ3v) is 4.57. The number of carbonyl (C=O) groups is 1. The number of nitrogens with one attached hydrogen (secondary N) is 1. The Bertz CT molecular complexity index is 603. The molecule has 1 aliphatic rings. The molecule has 0 unspecified atom stereocenters. The summed E-state index contributed by atoms with van der Waals surface area (Å²) in [5.41, 5.74) is 2.89. The zero-order valence-corrected chi connectivity index (χ0v) is 13.9. The van der Waals surface area contributed by atoms with Crippen molar-refractivity contribution in [3.05, 3.63) is 29.3 Å². The van der Waals surface area contributed by atoms with Gasteiger partial charge >= 0.3 is 0 Å². The van der Waals surface area contributed by atoms with E-state index < -0.39 is 5.54 Å². The first-order chi connectivity index (χ1) is 10.4. The van der Waals surface area contributed by atoms with E-state index in [0.717, 1.165) is 25.1 Å². The van der Waals surface area contributed by atoms with Crippen LogP contribution in [0.25, 0.3) is 0 Å². The van der Waals surface area contributed by atoms with Crippen LogP contribution in [-0.2, 0) is 11.2 Å². The zero-order chi connectivity index (χ0) is 16.3. The minimum absolute atomic E-state index is 0.0674. The molecule has 0 fully saturated rings. The Balaban J connectivity index is 2.10. The van der Waals surface area contributed by atoms with E-state index in [9.17, 15) is 10.1 Å². The van der Waals surface area contributed by atoms with Crippen molar-refractivity contribution in [3.63, 3.8) is 0 Å². The molecule has 4 heteroatoms. The van der Waals surface area contributed by atoms with Gasteiger partial charge in [-0.05, 0) is 44.2 Å². The van der Waals surface area contributed by atoms with E-state index in [1.807, 2.05) is 13.8 Å². The molecule has 4 nitrogen and oxygen atoms in total. The van der Waals surface area contributed by atoms with Crippen molar-refractivity contribution < 1.29 is 4.79 Å². The second-order valence-electron chi connectivity index (χ2n) is 6.67. The van der Waals surface area contributed by atoms with Gasteiger partial charge in [-0.1, -0.05) is 31.5 Å². The summed E-state index contributed by atoms with van der Waals surface area (Å²) in [6.07, 6.45) is 2.13. The van der Waals surface area contributed by atoms with Crippen molar-refractivity contribution >= 4 is 11.6 Å². The number of nitriles is 1. The lowest BCUT2D eigenvalue weighted by atomic mass is 9.90. The van der Waals surface area contributed by atoms with Crippen LogP contribution in [-0.4, -0.2) is 24.5 Å². The molecular formula is C18H25N3O. The number of fused-ring (bicyclic) bond motifs is 1. The minimum Gasteiger partial charge on any atom is -0.362 e. The number of anilines is 1. The van der Waals surface area contributed by atoms with Crippen LogP contribution in [0.4, 0.5) is 5.69 Å². The zero-order valence-electron chi connectivity index (χ0n) is 13.9. The average Bonchev–Trinajstić information content (AvgIpc) is 2.46. The van der Waals surface area contributed by atoms with E-state index in [2.05, 4.69) is 41.4 Å². The summed E-state index contributed by atoms with van der Waals surface area (Å²) in [7, 11) is 0. The molecule has 0 saturated heterocycles. The van der Waals surface area contributed by atoms with Crippen LogP contribution < -0.4 is 10.2 Å². The van der Waals surface area contributed by atoms with Crippen LogP contribution in [0.2, 0.25) is 0 Å². The number of amides is 1. The van der Waals surface area contributed by atoms with Gasteiger partial charge in [0.1, 0.15) is 5.54 Å². The molecule has 0 radical (unpaired) electrons. The number of hydrogen-bond acceptors (Lipinski definition) is 3. The molecule has 0 saturated carbocycles. The minimum atomic E-state index is -0.816. The average molecular weight is 299 g/mol. The maximum atomic E-state index is 12.4. The summed E-state index contributed by atoms with van der Waals surface area (Å²) in [6, 6.07) is 8.61. The molecule has 1 aromatic carbocycles. The summed E-state index contributed by atoms with van der Waals surface area (Å²) in [6.45, 7) is 8.95. The van der Waals surface area contributed by atoms with Gasteiger partial charge in [0.2, 0.25) is 5.91 Å². The molecule has 1 aromatic rings. The van der Waals surface area contributed by atoms with Gasteiger partial charge in [-0.25, -0.2) is 0 Å². The van der Waals surface area contributed by atoms with Gasteiger partial charge in [0, 0.05) is 12.2 Å². The lowest BCUT2D eigenvalue weighted by molar-refractivity contribution is -0.121. The van der Waals surface area contributed by atoms with E-state index >= 15 is 0 Å². The highest BCUT2D eigenvalue weighted by Gasteiger charge is 2.30. The van der Waals surface area contributed by atoms with Crippen molar-refractivity contribution in [2.75, 3.05) is 18.0 Å². The van der Waals surface area contributed by atoms with Crippen LogP contribution in [0.3, 0.4) is 0 Å². The van der Waals surface area contributed by atoms with Crippen LogP contribution in [0.15, 0.2) is 18.2 Å². The highest BCUT2D eigenvalue weighted by molar-refractivity contribution is 5.83. The largest absolute Gasteiger partial charge is 0.362 e. The highest BCUT2D eigenvalue weighted by atomic mass is 16.2. The second kappa shape index (κ2) is 6.39. The first-order valence-electron chi connectivity index (χ1n) is 7.92. The van der Waals surface area contributed by atoms with Crippen LogP contribution in [0.5, 0.6) is 0 Å². The van der Waals surface area contributed by atoms with E-state index in [4.69, 9.17) is 0 Å². The number of aryl methyl sites for hydroxylation is 2. The molecule has 0 bridgehead atoms. The summed E-state index contributed by atoms with van der Waals surface area (Å²) < 4.78 is 0. The fourth-order valence-corrected chi connectivity index (χ4v) is 2.77. The van der Waals surface area contributed by atoms with Crippen LogP contribution >= 0.6 is 0 Å². The molecule has 1 amide bonds. The molecule has 1 aliphatic heterocycles. The number of benzene rings is 1. The first-order valence-corrected chi connectivity index (χ1v) is 7.92. The van der Waals surface area contributed by atoms with Gasteiger partial charge in [0.15, 0.2) is 0 Å². The number of rotatable bonds is 4. The van der Waals surface area contributed by atoms with Crippen molar-refractivity contribution in [2.24, 2.45) is 5.92 Å². The smallest absolute Gasteiger partial charge is 0.240 e. The monoisotopic (exact) mass is 299 g/mol. The third-order valence-electron chi connectivity index (χ3n) is 4.57. The van der Waals surface area contributed by atoms with Gasteiger partial charge in [0.05, 0.1) is 12.6 Å². The van der Waals surface area contributed by atoms with Gasteiger partial charge in [-0.2, -0.15) is 5.26 Å². The summed E-state index contributed by atoms with van der Waals surface area (Å²) in [4.78, 5) is 14.5. The first kappa shape index (κ1) is 16.4. The maximum Gasteiger partial charge on any atom is 0.240 e. The Morgan fingerprint density at radius 2 is 2.23 bits per heavy atom. The second-order valence-corrected chi connectivity index (χ2v) is 6.67. The van der Waals surface area contributed by atoms with Gasteiger partial charge in [0.25, 0.3) is 0 Å². The van der Waals surface area contributed by atoms with E-state index in [0.29, 0.717) is 6.54 Å². The lowest BCUT2D eigenvalue weighted by Gasteiger charge is -2.33. The number of carbonyl (C=O) groups excluding carboxylic acids is 1. The molecule has 0 aliphatic carbocycles. The fraction of sp³-hybridized carbons (Fsp3) is 0.556. The van der Waals surface area contributed by atoms with Crippen molar-refractivity contribution in [2.45, 2.75) is 46.1 Å². The lowest BCUT2D eigenvalue weighted by Crippen LogP contribution is -2.52. The van der Waals surface area contributed by atoms with Crippen LogP contribution in [0.1, 0.15) is 38.3 Å². The predicted molar refractivity (Wildman–Crippen MR) is 88.7 cm³/mol. The SMILES string of the molecule is Cc1ccc2c(c1)CCCN2CC(=O)N[C@@](C)(C#N)C(C)C. The van der Waals surface area contributed by atoms with Gasteiger partial charge in [-0.3, -0.25) is 4.79 Å².